The monoisotopic (exact) mass is 625 g/mol. The number of aliphatic hydroxyl groups excluding tert-OH is 4. The third kappa shape index (κ3) is 45.1. The number of rotatable bonds is 24. The average molecular weight is 625 g/mol. The second-order valence-corrected chi connectivity index (χ2v) is 11.6. The summed E-state index contributed by atoms with van der Waals surface area (Å²) in [4.78, 5) is 0. The first kappa shape index (κ1) is 51.1. The predicted molar refractivity (Wildman–Crippen MR) is 180 cm³/mol. The van der Waals surface area contributed by atoms with E-state index >= 15 is 0 Å². The van der Waals surface area contributed by atoms with Gasteiger partial charge in [0.25, 0.3) is 0 Å². The Labute approximate surface area is 275 Å². The maximum Gasteiger partial charge on any atom is 0.0431 e. The topological polar surface area (TPSA) is 80.9 Å². The van der Waals surface area contributed by atoms with Gasteiger partial charge in [0, 0.05) is 48.1 Å². The van der Waals surface area contributed by atoms with Crippen LogP contribution in [-0.2, 0) is 21.7 Å². The molecule has 0 aromatic rings. The standard InChI is InChI=1S/4C9H20O.Ti/c4*1-3-9(4-2)7-5-6-8-10;/h4*9-10H,3-8H2,1-2H3;. The maximum absolute atomic E-state index is 8.52. The SMILES string of the molecule is CCC(CC)CCCCO.CCC(CC)CCCCO.CCC(CC)CCCCO.CCC(CC)CCCCO.[Ti]. The fraction of sp³-hybridized carbons (Fsp3) is 1.00. The fourth-order valence-corrected chi connectivity index (χ4v) is 4.97. The van der Waals surface area contributed by atoms with Gasteiger partial charge in [-0.25, -0.2) is 0 Å². The van der Waals surface area contributed by atoms with Crippen molar-refractivity contribution < 1.29 is 42.1 Å². The van der Waals surface area contributed by atoms with Crippen LogP contribution in [0.2, 0.25) is 0 Å². The van der Waals surface area contributed by atoms with Crippen LogP contribution in [0.25, 0.3) is 0 Å². The molecular weight excluding hydrogens is 544 g/mol. The van der Waals surface area contributed by atoms with E-state index < -0.39 is 0 Å². The molecule has 252 valence electrons. The zero-order valence-corrected chi connectivity index (χ0v) is 31.1. The summed E-state index contributed by atoms with van der Waals surface area (Å²) in [5.74, 6) is 3.58. The molecule has 0 aromatic heterocycles. The summed E-state index contributed by atoms with van der Waals surface area (Å²) in [6.45, 7) is 19.4. The molecule has 0 bridgehead atoms. The van der Waals surface area contributed by atoms with Crippen LogP contribution in [0.5, 0.6) is 0 Å². The second kappa shape index (κ2) is 47.5. The third-order valence-corrected chi connectivity index (χ3v) is 8.70. The van der Waals surface area contributed by atoms with Gasteiger partial charge in [0.1, 0.15) is 0 Å². The van der Waals surface area contributed by atoms with Crippen molar-refractivity contribution in [1.82, 2.24) is 0 Å². The smallest absolute Gasteiger partial charge is 0.0431 e. The summed E-state index contributed by atoms with van der Waals surface area (Å²) in [6.07, 6.45) is 24.3. The molecule has 4 nitrogen and oxygen atoms in total. The molecule has 0 spiro atoms. The number of aliphatic hydroxyl groups is 4. The molecule has 41 heavy (non-hydrogen) atoms. The van der Waals surface area contributed by atoms with Crippen molar-refractivity contribution in [2.45, 2.75) is 184 Å². The molecule has 0 aliphatic rings. The summed E-state index contributed by atoms with van der Waals surface area (Å²) in [6, 6.07) is 0. The molecule has 5 heteroatoms. The molecule has 0 rings (SSSR count). The van der Waals surface area contributed by atoms with Gasteiger partial charge in [-0.2, -0.15) is 0 Å². The Morgan fingerprint density at radius 3 is 0.537 bits per heavy atom. The summed E-state index contributed by atoms with van der Waals surface area (Å²) in [5.41, 5.74) is 0. The predicted octanol–water partition coefficient (Wildman–Crippen LogP) is 10.3. The van der Waals surface area contributed by atoms with Crippen LogP contribution in [0.4, 0.5) is 0 Å². The second-order valence-electron chi connectivity index (χ2n) is 11.6. The van der Waals surface area contributed by atoms with Gasteiger partial charge in [-0.15, -0.1) is 0 Å². The van der Waals surface area contributed by atoms with E-state index in [4.69, 9.17) is 20.4 Å². The zero-order chi connectivity index (χ0) is 31.3. The molecule has 0 saturated carbocycles. The van der Waals surface area contributed by atoms with Crippen molar-refractivity contribution in [1.29, 1.82) is 0 Å². The van der Waals surface area contributed by atoms with Crippen LogP contribution in [0, 0.1) is 23.7 Å². The average Bonchev–Trinajstić information content (AvgIpc) is 2.99. The van der Waals surface area contributed by atoms with Crippen LogP contribution >= 0.6 is 0 Å². The Bertz CT molecular complexity index is 310. The Hall–Kier alpha value is 0.554. The molecule has 4 N–H and O–H groups in total. The summed E-state index contributed by atoms with van der Waals surface area (Å²) in [7, 11) is 0. The van der Waals surface area contributed by atoms with Gasteiger partial charge >= 0.3 is 0 Å². The first-order valence-electron chi connectivity index (χ1n) is 17.8. The van der Waals surface area contributed by atoms with Gasteiger partial charge in [0.2, 0.25) is 0 Å². The van der Waals surface area contributed by atoms with Gasteiger partial charge in [0.05, 0.1) is 0 Å². The van der Waals surface area contributed by atoms with E-state index in [2.05, 4.69) is 55.4 Å². The van der Waals surface area contributed by atoms with E-state index in [1.165, 1.54) is 103 Å². The largest absolute Gasteiger partial charge is 0.396 e. The van der Waals surface area contributed by atoms with Crippen LogP contribution in [0.15, 0.2) is 0 Å². The Kier molecular flexibility index (Phi) is 59.2. The summed E-state index contributed by atoms with van der Waals surface area (Å²) in [5, 5.41) is 34.1. The summed E-state index contributed by atoms with van der Waals surface area (Å²) >= 11 is 0. The Morgan fingerprint density at radius 2 is 0.439 bits per heavy atom. The minimum Gasteiger partial charge on any atom is -0.396 e. The molecule has 0 heterocycles. The molecule has 0 saturated heterocycles. The first-order valence-corrected chi connectivity index (χ1v) is 17.8. The number of unbranched alkanes of at least 4 members (excludes halogenated alkanes) is 4. The van der Waals surface area contributed by atoms with Crippen molar-refractivity contribution in [3.05, 3.63) is 0 Å². The van der Waals surface area contributed by atoms with E-state index in [1.54, 1.807) is 0 Å². The minimum atomic E-state index is 0. The van der Waals surface area contributed by atoms with Crippen molar-refractivity contribution >= 4 is 0 Å². The van der Waals surface area contributed by atoms with Crippen molar-refractivity contribution in [2.75, 3.05) is 26.4 Å². The normalized spacial score (nSPS) is 10.5. The molecular formula is C36H80O4Ti. The molecule has 0 amide bonds. The van der Waals surface area contributed by atoms with Gasteiger partial charge in [-0.3, -0.25) is 0 Å². The van der Waals surface area contributed by atoms with Crippen molar-refractivity contribution in [3.63, 3.8) is 0 Å². The van der Waals surface area contributed by atoms with Crippen LogP contribution in [0.3, 0.4) is 0 Å². The molecule has 0 unspecified atom stereocenters. The molecule has 0 radical (unpaired) electrons. The molecule has 0 aromatic carbocycles. The fourth-order valence-electron chi connectivity index (χ4n) is 4.97. The first-order chi connectivity index (χ1) is 19.4. The molecule has 0 aliphatic heterocycles. The number of hydrogen-bond donors (Lipinski definition) is 4. The minimum absolute atomic E-state index is 0. The zero-order valence-electron chi connectivity index (χ0n) is 29.6. The third-order valence-electron chi connectivity index (χ3n) is 8.70. The Morgan fingerprint density at radius 1 is 0.293 bits per heavy atom. The number of hydrogen-bond acceptors (Lipinski definition) is 4. The van der Waals surface area contributed by atoms with E-state index in [1.807, 2.05) is 0 Å². The van der Waals surface area contributed by atoms with Crippen LogP contribution < -0.4 is 0 Å². The van der Waals surface area contributed by atoms with Gasteiger partial charge in [-0.1, -0.05) is 158 Å². The Balaban J connectivity index is -0.000000139. The molecule has 0 atom stereocenters. The van der Waals surface area contributed by atoms with Crippen LogP contribution in [-0.4, -0.2) is 46.9 Å². The van der Waals surface area contributed by atoms with E-state index in [9.17, 15) is 0 Å². The van der Waals surface area contributed by atoms with Gasteiger partial charge in [-0.05, 0) is 49.4 Å². The molecule has 0 aliphatic carbocycles. The van der Waals surface area contributed by atoms with Gasteiger partial charge in [0.15, 0.2) is 0 Å². The maximum atomic E-state index is 8.52. The summed E-state index contributed by atoms with van der Waals surface area (Å²) < 4.78 is 0. The van der Waals surface area contributed by atoms with Gasteiger partial charge < -0.3 is 20.4 Å². The van der Waals surface area contributed by atoms with Crippen molar-refractivity contribution in [3.8, 4) is 0 Å². The quantitative estimate of drug-likeness (QED) is 0.0636. The van der Waals surface area contributed by atoms with E-state index in [-0.39, 0.29) is 21.7 Å². The van der Waals surface area contributed by atoms with E-state index in [0.29, 0.717) is 26.4 Å². The van der Waals surface area contributed by atoms with Crippen LogP contribution in [0.1, 0.15) is 184 Å². The molecule has 0 fully saturated rings. The van der Waals surface area contributed by atoms with E-state index in [0.717, 1.165) is 49.4 Å². The van der Waals surface area contributed by atoms with Crippen molar-refractivity contribution in [2.24, 2.45) is 23.7 Å².